The lowest BCUT2D eigenvalue weighted by Gasteiger charge is -2.40. The van der Waals surface area contributed by atoms with Crippen molar-refractivity contribution >= 4 is 41.0 Å². The maximum atomic E-state index is 14.6. The molecule has 2 unspecified atom stereocenters. The largest absolute Gasteiger partial charge is 0.497 e. The van der Waals surface area contributed by atoms with Gasteiger partial charge in [0.25, 0.3) is 0 Å². The quantitative estimate of drug-likeness (QED) is 0.284. The van der Waals surface area contributed by atoms with E-state index in [9.17, 15) is 9.59 Å². The molecule has 0 aliphatic carbocycles. The summed E-state index contributed by atoms with van der Waals surface area (Å²) in [4.78, 5) is 38.1. The van der Waals surface area contributed by atoms with E-state index in [0.717, 1.165) is 11.1 Å². The molecule has 1 saturated heterocycles. The van der Waals surface area contributed by atoms with Crippen molar-refractivity contribution in [3.63, 3.8) is 0 Å². The Labute approximate surface area is 262 Å². The Hall–Kier alpha value is -3.75. The molecule has 43 heavy (non-hydrogen) atoms. The second-order valence-corrected chi connectivity index (χ2v) is 12.1. The van der Waals surface area contributed by atoms with Gasteiger partial charge in [0.2, 0.25) is 5.91 Å². The molecule has 3 aromatic rings. The van der Waals surface area contributed by atoms with Crippen LogP contribution < -0.4 is 9.47 Å². The molecular formula is C33H36Cl2N4O4. The van der Waals surface area contributed by atoms with Gasteiger partial charge in [-0.25, -0.2) is 4.79 Å². The minimum Gasteiger partial charge on any atom is -0.497 e. The molecule has 0 aromatic heterocycles. The van der Waals surface area contributed by atoms with Crippen molar-refractivity contribution in [1.29, 1.82) is 0 Å². The fraction of sp³-hybridized carbons (Fsp3) is 0.364. The molecule has 10 heteroatoms. The summed E-state index contributed by atoms with van der Waals surface area (Å²) in [6.45, 7) is 8.69. The normalized spacial score (nSPS) is 18.9. The van der Waals surface area contributed by atoms with Crippen molar-refractivity contribution in [1.82, 2.24) is 14.7 Å². The minimum atomic E-state index is -0.534. The number of halogens is 2. The number of amides is 3. The summed E-state index contributed by atoms with van der Waals surface area (Å²) in [6, 6.07) is 19.2. The summed E-state index contributed by atoms with van der Waals surface area (Å²) in [5.41, 5.74) is 2.38. The molecule has 2 aliphatic heterocycles. The number of benzene rings is 3. The van der Waals surface area contributed by atoms with E-state index in [1.54, 1.807) is 27.9 Å². The predicted octanol–water partition coefficient (Wildman–Crippen LogP) is 7.01. The Balaban J connectivity index is 1.67. The number of carbonyl (C=O) groups excluding carboxylic acids is 2. The van der Waals surface area contributed by atoms with Crippen molar-refractivity contribution < 1.29 is 19.1 Å². The number of amidine groups is 1. The summed E-state index contributed by atoms with van der Waals surface area (Å²) >= 11 is 12.5. The summed E-state index contributed by atoms with van der Waals surface area (Å²) in [6.07, 6.45) is -0.141. The van der Waals surface area contributed by atoms with Gasteiger partial charge in [0.05, 0.1) is 24.8 Å². The highest BCUT2D eigenvalue weighted by Gasteiger charge is 2.45. The molecule has 226 valence electrons. The third-order valence-electron chi connectivity index (χ3n) is 7.64. The molecule has 2 aliphatic rings. The van der Waals surface area contributed by atoms with Gasteiger partial charge in [-0.3, -0.25) is 14.7 Å². The third kappa shape index (κ3) is 6.45. The van der Waals surface area contributed by atoms with E-state index in [0.29, 0.717) is 46.0 Å². The van der Waals surface area contributed by atoms with Gasteiger partial charge in [-0.1, -0.05) is 47.5 Å². The van der Waals surface area contributed by atoms with Gasteiger partial charge in [-0.15, -0.1) is 0 Å². The van der Waals surface area contributed by atoms with E-state index in [1.165, 1.54) is 0 Å². The van der Waals surface area contributed by atoms with E-state index < -0.39 is 12.1 Å². The average molecular weight is 624 g/mol. The van der Waals surface area contributed by atoms with Gasteiger partial charge in [-0.05, 0) is 75.2 Å². The number of aliphatic imine (C=N–C) groups is 1. The molecule has 0 N–H and O–H groups in total. The highest BCUT2D eigenvalue weighted by Crippen LogP contribution is 2.46. The van der Waals surface area contributed by atoms with Gasteiger partial charge in [0.1, 0.15) is 29.9 Å². The highest BCUT2D eigenvalue weighted by atomic mass is 35.5. The van der Waals surface area contributed by atoms with Crippen LogP contribution in [0, 0.1) is 0 Å². The molecule has 0 bridgehead atoms. The molecule has 1 fully saturated rings. The zero-order chi connectivity index (χ0) is 30.8. The van der Waals surface area contributed by atoms with Crippen molar-refractivity contribution in [2.75, 3.05) is 26.7 Å². The third-order valence-corrected chi connectivity index (χ3v) is 8.14. The lowest BCUT2D eigenvalue weighted by Crippen LogP contribution is -2.57. The predicted molar refractivity (Wildman–Crippen MR) is 169 cm³/mol. The first-order valence-corrected chi connectivity index (χ1v) is 15.1. The van der Waals surface area contributed by atoms with Crippen LogP contribution in [-0.2, 0) is 4.79 Å². The fourth-order valence-corrected chi connectivity index (χ4v) is 5.82. The Bertz CT molecular complexity index is 1510. The second-order valence-electron chi connectivity index (χ2n) is 11.2. The highest BCUT2D eigenvalue weighted by molar-refractivity contribution is 6.30. The summed E-state index contributed by atoms with van der Waals surface area (Å²) in [7, 11) is 1.60. The second kappa shape index (κ2) is 12.9. The van der Waals surface area contributed by atoms with Crippen LogP contribution in [0.15, 0.2) is 71.7 Å². The van der Waals surface area contributed by atoms with Crippen LogP contribution in [0.25, 0.3) is 0 Å². The fourth-order valence-electron chi connectivity index (χ4n) is 5.57. The van der Waals surface area contributed by atoms with E-state index in [2.05, 4.69) is 0 Å². The van der Waals surface area contributed by atoms with Crippen LogP contribution in [0.4, 0.5) is 4.79 Å². The monoisotopic (exact) mass is 622 g/mol. The van der Waals surface area contributed by atoms with Crippen molar-refractivity contribution in [3.8, 4) is 11.5 Å². The zero-order valence-electron chi connectivity index (χ0n) is 25.0. The maximum absolute atomic E-state index is 14.6. The Morgan fingerprint density at radius 1 is 0.907 bits per heavy atom. The summed E-state index contributed by atoms with van der Waals surface area (Å²) in [5.74, 6) is 1.52. The Morgan fingerprint density at radius 3 is 2.09 bits per heavy atom. The number of nitrogens with zero attached hydrogens (tertiary/aromatic N) is 4. The van der Waals surface area contributed by atoms with E-state index in [4.69, 9.17) is 37.7 Å². The van der Waals surface area contributed by atoms with Crippen LogP contribution >= 0.6 is 23.2 Å². The number of carbonyl (C=O) groups is 2. The lowest BCUT2D eigenvalue weighted by molar-refractivity contribution is -0.136. The molecule has 2 atom stereocenters. The topological polar surface area (TPSA) is 74.7 Å². The van der Waals surface area contributed by atoms with Crippen LogP contribution in [0.2, 0.25) is 10.0 Å². The Morgan fingerprint density at radius 2 is 1.53 bits per heavy atom. The first-order chi connectivity index (χ1) is 20.6. The van der Waals surface area contributed by atoms with E-state index >= 15 is 0 Å². The van der Waals surface area contributed by atoms with Crippen molar-refractivity contribution in [3.05, 3.63) is 93.5 Å². The smallest absolute Gasteiger partial charge is 0.326 e. The van der Waals surface area contributed by atoms with Gasteiger partial charge in [-0.2, -0.15) is 0 Å². The molecule has 3 amide bonds. The van der Waals surface area contributed by atoms with Crippen LogP contribution in [0.3, 0.4) is 0 Å². The Kier molecular flexibility index (Phi) is 9.18. The first kappa shape index (κ1) is 30.7. The van der Waals surface area contributed by atoms with Crippen molar-refractivity contribution in [2.24, 2.45) is 4.99 Å². The number of hydrogen-bond donors (Lipinski definition) is 0. The molecule has 0 radical (unpaired) electrons. The van der Waals surface area contributed by atoms with E-state index in [-0.39, 0.29) is 30.6 Å². The maximum Gasteiger partial charge on any atom is 0.326 e. The van der Waals surface area contributed by atoms with Gasteiger partial charge in [0, 0.05) is 35.2 Å². The number of hydrogen-bond acceptors (Lipinski definition) is 5. The SMILES string of the molecule is COc1ccc(C2=NC(c3ccc(Cl)cc3)C(c3ccc(Cl)cc3)N2C(=O)N2CCN(C(C)C)C(=O)C2)c(OC(C)C)c1. The number of rotatable bonds is 7. The van der Waals surface area contributed by atoms with Crippen molar-refractivity contribution in [2.45, 2.75) is 51.9 Å². The molecule has 3 aromatic carbocycles. The first-order valence-electron chi connectivity index (χ1n) is 14.4. The average Bonchev–Trinajstić information content (AvgIpc) is 3.37. The lowest BCUT2D eigenvalue weighted by atomic mass is 9.93. The number of methoxy groups -OCH3 is 1. The molecule has 5 rings (SSSR count). The number of urea groups is 1. The molecule has 2 heterocycles. The van der Waals surface area contributed by atoms with Crippen LogP contribution in [0.5, 0.6) is 11.5 Å². The van der Waals surface area contributed by atoms with E-state index in [1.807, 2.05) is 88.4 Å². The molecule has 0 spiro atoms. The van der Waals surface area contributed by atoms with Crippen LogP contribution in [0.1, 0.15) is 56.5 Å². The zero-order valence-corrected chi connectivity index (χ0v) is 26.5. The van der Waals surface area contributed by atoms with Gasteiger partial charge < -0.3 is 19.3 Å². The van der Waals surface area contributed by atoms with Gasteiger partial charge in [0.15, 0.2) is 0 Å². The molecular weight excluding hydrogens is 587 g/mol. The van der Waals surface area contributed by atoms with Gasteiger partial charge >= 0.3 is 6.03 Å². The number of piperazine rings is 1. The minimum absolute atomic E-state index is 0.0162. The number of ether oxygens (including phenoxy) is 2. The summed E-state index contributed by atoms with van der Waals surface area (Å²) in [5, 5.41) is 1.19. The summed E-state index contributed by atoms with van der Waals surface area (Å²) < 4.78 is 11.7. The molecule has 0 saturated carbocycles. The molecule has 8 nitrogen and oxygen atoms in total. The standard InChI is InChI=1S/C33H36Cl2N4O4/c1-20(2)38-17-16-37(19-29(38)40)33(41)39-31(23-8-12-25(35)13-9-23)30(22-6-10-24(34)11-7-22)36-32(39)27-15-14-26(42-5)18-28(27)43-21(3)4/h6-15,18,20-21,30-31H,16-17,19H2,1-5H3. The van der Waals surface area contributed by atoms with Crippen LogP contribution in [-0.4, -0.2) is 71.4 Å².